The van der Waals surface area contributed by atoms with Crippen molar-refractivity contribution in [1.29, 1.82) is 0 Å². The summed E-state index contributed by atoms with van der Waals surface area (Å²) in [6.07, 6.45) is 4.86. The quantitative estimate of drug-likeness (QED) is 0.687. The Morgan fingerprint density at radius 1 is 0.929 bits per heavy atom. The van der Waals surface area contributed by atoms with Crippen LogP contribution in [0.1, 0.15) is 44.9 Å². The molecule has 1 heterocycles. The lowest BCUT2D eigenvalue weighted by Gasteiger charge is -2.27. The number of hydrogen-bond acceptors (Lipinski definition) is 6. The number of piperidine rings is 1. The minimum atomic E-state index is -4.00. The van der Waals surface area contributed by atoms with Crippen LogP contribution < -0.4 is 4.72 Å². The number of benzene rings is 1. The Morgan fingerprint density at radius 3 is 2.00 bits per heavy atom. The fourth-order valence-corrected chi connectivity index (χ4v) is 6.81. The number of methoxy groups -OCH3 is 1. The van der Waals surface area contributed by atoms with E-state index in [1.165, 1.54) is 35.7 Å². The van der Waals surface area contributed by atoms with Crippen molar-refractivity contribution >= 4 is 26.0 Å². The van der Waals surface area contributed by atoms with Gasteiger partial charge in [0.15, 0.2) is 0 Å². The van der Waals surface area contributed by atoms with Crippen LogP contribution in [0.5, 0.6) is 0 Å². The number of nitrogens with zero attached hydrogens (tertiary/aromatic N) is 1. The van der Waals surface area contributed by atoms with Gasteiger partial charge in [-0.1, -0.05) is 19.3 Å². The second-order valence-corrected chi connectivity index (χ2v) is 10.9. The molecule has 8 nitrogen and oxygen atoms in total. The largest absolute Gasteiger partial charge is 0.468 e. The molecule has 10 heteroatoms. The summed E-state index contributed by atoms with van der Waals surface area (Å²) in [4.78, 5) is 12.2. The van der Waals surface area contributed by atoms with Gasteiger partial charge >= 0.3 is 5.97 Å². The second-order valence-electron chi connectivity index (χ2n) is 7.32. The van der Waals surface area contributed by atoms with Crippen molar-refractivity contribution in [2.24, 2.45) is 0 Å². The van der Waals surface area contributed by atoms with Gasteiger partial charge in [0.2, 0.25) is 20.0 Å². The predicted molar refractivity (Wildman–Crippen MR) is 103 cm³/mol. The number of ether oxygens (including phenoxy) is 1. The van der Waals surface area contributed by atoms with Gasteiger partial charge in [-0.05, 0) is 49.9 Å². The van der Waals surface area contributed by atoms with E-state index in [1.807, 2.05) is 0 Å². The third-order valence-electron chi connectivity index (χ3n) is 5.45. The molecule has 0 unspecified atom stereocenters. The summed E-state index contributed by atoms with van der Waals surface area (Å²) >= 11 is 0. The molecule has 1 N–H and O–H groups in total. The summed E-state index contributed by atoms with van der Waals surface area (Å²) in [5.41, 5.74) is -1.26. The van der Waals surface area contributed by atoms with Crippen LogP contribution in [-0.4, -0.2) is 52.8 Å². The highest BCUT2D eigenvalue weighted by Gasteiger charge is 2.45. The lowest BCUT2D eigenvalue weighted by atomic mass is 10.00. The van der Waals surface area contributed by atoms with E-state index < -0.39 is 31.6 Å². The van der Waals surface area contributed by atoms with Gasteiger partial charge in [-0.25, -0.2) is 16.8 Å². The maximum Gasteiger partial charge on any atom is 0.327 e. The second kappa shape index (κ2) is 8.10. The van der Waals surface area contributed by atoms with E-state index in [0.717, 1.165) is 32.1 Å². The molecule has 0 amide bonds. The molecule has 0 spiro atoms. The summed E-state index contributed by atoms with van der Waals surface area (Å²) in [6.45, 7) is 0.956. The molecule has 1 saturated heterocycles. The Bertz CT molecular complexity index is 913. The number of nitrogens with one attached hydrogen (secondary N) is 1. The van der Waals surface area contributed by atoms with Gasteiger partial charge in [0, 0.05) is 13.1 Å². The van der Waals surface area contributed by atoms with Crippen molar-refractivity contribution in [3.8, 4) is 0 Å². The minimum Gasteiger partial charge on any atom is -0.468 e. The Hall–Kier alpha value is -1.49. The van der Waals surface area contributed by atoms with Crippen molar-refractivity contribution < 1.29 is 26.4 Å². The van der Waals surface area contributed by atoms with E-state index in [-0.39, 0.29) is 9.79 Å². The first-order valence-corrected chi connectivity index (χ1v) is 12.4. The molecule has 156 valence electrons. The molecule has 0 atom stereocenters. The Kier molecular flexibility index (Phi) is 6.14. The molecule has 1 aromatic rings. The molecule has 1 aliphatic heterocycles. The smallest absolute Gasteiger partial charge is 0.327 e. The number of carbonyl (C=O) groups excluding carboxylic acids is 1. The molecule has 0 radical (unpaired) electrons. The molecular weight excluding hydrogens is 404 g/mol. The highest BCUT2D eigenvalue weighted by atomic mass is 32.2. The fraction of sp³-hybridized carbons (Fsp3) is 0.611. The van der Waals surface area contributed by atoms with E-state index >= 15 is 0 Å². The normalized spacial score (nSPS) is 20.8. The first kappa shape index (κ1) is 21.2. The zero-order valence-electron chi connectivity index (χ0n) is 15.9. The lowest BCUT2D eigenvalue weighted by molar-refractivity contribution is -0.147. The average molecular weight is 431 g/mol. The Morgan fingerprint density at radius 2 is 1.46 bits per heavy atom. The highest BCUT2D eigenvalue weighted by Crippen LogP contribution is 2.32. The zero-order chi connectivity index (χ0) is 20.4. The SMILES string of the molecule is COC(=O)C1(NS(=O)(=O)c2ccc(S(=O)(=O)N3CCCCC3)cc2)CCCC1. The molecular formula is C18H26N2O6S2. The molecule has 28 heavy (non-hydrogen) atoms. The van der Waals surface area contributed by atoms with Crippen molar-refractivity contribution in [2.45, 2.75) is 60.3 Å². The van der Waals surface area contributed by atoms with E-state index in [0.29, 0.717) is 25.9 Å². The van der Waals surface area contributed by atoms with Crippen LogP contribution in [0.2, 0.25) is 0 Å². The molecule has 3 rings (SSSR count). The van der Waals surface area contributed by atoms with Crippen LogP contribution in [0, 0.1) is 0 Å². The average Bonchev–Trinajstić information content (AvgIpc) is 3.17. The molecule has 1 saturated carbocycles. The molecule has 2 fully saturated rings. The fourth-order valence-electron chi connectivity index (χ4n) is 3.88. The van der Waals surface area contributed by atoms with Gasteiger partial charge in [0.1, 0.15) is 5.54 Å². The predicted octanol–water partition coefficient (Wildman–Crippen LogP) is 1.63. The summed E-state index contributed by atoms with van der Waals surface area (Å²) < 4.78 is 59.7. The number of hydrogen-bond donors (Lipinski definition) is 1. The van der Waals surface area contributed by atoms with Crippen LogP contribution in [0.15, 0.2) is 34.1 Å². The third kappa shape index (κ3) is 4.10. The number of sulfonamides is 2. The lowest BCUT2D eigenvalue weighted by Crippen LogP contribution is -2.52. The summed E-state index contributed by atoms with van der Waals surface area (Å²) in [5.74, 6) is -0.599. The van der Waals surface area contributed by atoms with Gasteiger partial charge in [-0.15, -0.1) is 0 Å². The van der Waals surface area contributed by atoms with Crippen LogP contribution in [0.4, 0.5) is 0 Å². The molecule has 0 bridgehead atoms. The Labute approximate surface area is 166 Å². The molecule has 1 aliphatic carbocycles. The maximum absolute atomic E-state index is 12.8. The van der Waals surface area contributed by atoms with E-state index in [9.17, 15) is 21.6 Å². The number of esters is 1. The van der Waals surface area contributed by atoms with Crippen molar-refractivity contribution in [1.82, 2.24) is 9.03 Å². The van der Waals surface area contributed by atoms with Gasteiger partial charge in [-0.3, -0.25) is 4.79 Å². The van der Waals surface area contributed by atoms with Gasteiger partial charge in [0.25, 0.3) is 0 Å². The van der Waals surface area contributed by atoms with Gasteiger partial charge < -0.3 is 4.74 Å². The minimum absolute atomic E-state index is 0.0666. The summed E-state index contributed by atoms with van der Waals surface area (Å²) in [7, 11) is -6.40. The third-order valence-corrected chi connectivity index (χ3v) is 8.91. The topological polar surface area (TPSA) is 110 Å². The van der Waals surface area contributed by atoms with Crippen LogP contribution >= 0.6 is 0 Å². The molecule has 2 aliphatic rings. The van der Waals surface area contributed by atoms with Crippen LogP contribution in [-0.2, 0) is 29.6 Å². The number of carbonyl (C=O) groups is 1. The van der Waals surface area contributed by atoms with Crippen molar-refractivity contribution in [2.75, 3.05) is 20.2 Å². The highest BCUT2D eigenvalue weighted by molar-refractivity contribution is 7.89. The maximum atomic E-state index is 12.8. The zero-order valence-corrected chi connectivity index (χ0v) is 17.5. The molecule has 1 aromatic carbocycles. The van der Waals surface area contributed by atoms with Gasteiger partial charge in [0.05, 0.1) is 16.9 Å². The number of rotatable bonds is 6. The summed E-state index contributed by atoms with van der Waals surface area (Å²) in [5, 5.41) is 0. The Balaban J connectivity index is 1.83. The first-order valence-electron chi connectivity index (χ1n) is 9.44. The van der Waals surface area contributed by atoms with Gasteiger partial charge in [-0.2, -0.15) is 9.03 Å². The van der Waals surface area contributed by atoms with Crippen LogP contribution in [0.25, 0.3) is 0 Å². The van der Waals surface area contributed by atoms with E-state index in [4.69, 9.17) is 4.74 Å². The standard InChI is InChI=1S/C18H26N2O6S2/c1-26-17(21)18(11-3-4-12-18)19-27(22,23)15-7-9-16(10-8-15)28(24,25)20-13-5-2-6-14-20/h7-10,19H,2-6,11-14H2,1H3. The van der Waals surface area contributed by atoms with E-state index in [1.54, 1.807) is 0 Å². The first-order chi connectivity index (χ1) is 13.2. The van der Waals surface area contributed by atoms with Crippen molar-refractivity contribution in [3.05, 3.63) is 24.3 Å². The van der Waals surface area contributed by atoms with Crippen molar-refractivity contribution in [3.63, 3.8) is 0 Å². The molecule has 0 aromatic heterocycles. The summed E-state index contributed by atoms with van der Waals surface area (Å²) in [6, 6.07) is 5.13. The monoisotopic (exact) mass is 430 g/mol. The van der Waals surface area contributed by atoms with Crippen LogP contribution in [0.3, 0.4) is 0 Å². The van der Waals surface area contributed by atoms with E-state index in [2.05, 4.69) is 4.72 Å².